The molecule has 3 N–H and O–H groups in total. The number of benzene rings is 2. The zero-order valence-corrected chi connectivity index (χ0v) is 19.9. The summed E-state index contributed by atoms with van der Waals surface area (Å²) in [5.74, 6) is 0.110. The minimum atomic E-state index is -1.33. The maximum Gasteiger partial charge on any atom is 0.124 e. The van der Waals surface area contributed by atoms with Crippen molar-refractivity contribution in [3.63, 3.8) is 0 Å². The van der Waals surface area contributed by atoms with E-state index in [9.17, 15) is 4.21 Å². The summed E-state index contributed by atoms with van der Waals surface area (Å²) in [5, 5.41) is 1.32. The first-order valence-corrected chi connectivity index (χ1v) is 12.2. The summed E-state index contributed by atoms with van der Waals surface area (Å²) < 4.78 is 26.4. The quantitative estimate of drug-likeness (QED) is 0.478. The number of nitrogens with one attached hydrogen (secondary N) is 1. The lowest BCUT2D eigenvalue weighted by atomic mass is 9.85. The molecule has 0 saturated carbocycles. The van der Waals surface area contributed by atoms with E-state index >= 15 is 0 Å². The van der Waals surface area contributed by atoms with Gasteiger partial charge in [0.2, 0.25) is 0 Å². The fourth-order valence-corrected chi connectivity index (χ4v) is 5.12. The van der Waals surface area contributed by atoms with Gasteiger partial charge in [0.25, 0.3) is 0 Å². The summed E-state index contributed by atoms with van der Waals surface area (Å²) in [6.45, 7) is 4.59. The number of rotatable bonds is 11. The smallest absolute Gasteiger partial charge is 0.124 e. The van der Waals surface area contributed by atoms with Crippen LogP contribution in [0.3, 0.4) is 0 Å². The molecule has 0 aromatic heterocycles. The first-order valence-electron chi connectivity index (χ1n) is 10.3. The Hall–Kier alpha value is -1.03. The van der Waals surface area contributed by atoms with Crippen LogP contribution in [0.15, 0.2) is 41.3 Å². The van der Waals surface area contributed by atoms with Gasteiger partial charge in [-0.3, -0.25) is 0 Å². The fourth-order valence-electron chi connectivity index (χ4n) is 3.67. The molecule has 6 nitrogen and oxygen atoms in total. The van der Waals surface area contributed by atoms with Crippen LogP contribution in [-0.4, -0.2) is 62.2 Å². The van der Waals surface area contributed by atoms with Crippen LogP contribution in [0.2, 0.25) is 10.0 Å². The van der Waals surface area contributed by atoms with Crippen molar-refractivity contribution in [2.45, 2.75) is 17.4 Å². The van der Waals surface area contributed by atoms with E-state index in [1.165, 1.54) is 0 Å². The van der Waals surface area contributed by atoms with Crippen LogP contribution in [0.4, 0.5) is 0 Å². The fraction of sp³-hybridized carbons (Fsp3) is 0.455. The molecule has 3 rings (SSSR count). The highest BCUT2D eigenvalue weighted by molar-refractivity contribution is 7.83. The van der Waals surface area contributed by atoms with Crippen LogP contribution < -0.4 is 10.5 Å². The molecule has 2 unspecified atom stereocenters. The largest absolute Gasteiger partial charge is 0.378 e. The van der Waals surface area contributed by atoms with Crippen LogP contribution in [0.5, 0.6) is 0 Å². The maximum absolute atomic E-state index is 12.7. The molecule has 0 saturated heterocycles. The predicted molar refractivity (Wildman–Crippen MR) is 126 cm³/mol. The highest BCUT2D eigenvalue weighted by atomic mass is 35.5. The Balaban J connectivity index is 1.62. The van der Waals surface area contributed by atoms with Crippen molar-refractivity contribution in [2.75, 3.05) is 53.1 Å². The SMILES string of the molecule is CN1Cc2c(Cl)cc(Cl)cc2C(c2cccc(S(=O)NCCOCCOCCN)c2)C1. The molecule has 0 amide bonds. The standard InChI is InChI=1S/C22H29Cl2N3O3S/c1-27-14-20(19-12-17(23)13-22(24)21(19)15-27)16-3-2-4-18(11-16)31(28)26-6-8-30-10-9-29-7-5-25/h2-4,11-13,20,26H,5-10,14-15,25H2,1H3. The number of hydrogen-bond acceptors (Lipinski definition) is 5. The monoisotopic (exact) mass is 485 g/mol. The summed E-state index contributed by atoms with van der Waals surface area (Å²) >= 11 is 12.8. The van der Waals surface area contributed by atoms with Crippen molar-refractivity contribution in [1.29, 1.82) is 0 Å². The minimum Gasteiger partial charge on any atom is -0.378 e. The number of nitrogens with two attached hydrogens (primary N) is 1. The Morgan fingerprint density at radius 3 is 2.71 bits per heavy atom. The van der Waals surface area contributed by atoms with E-state index in [0.29, 0.717) is 49.6 Å². The third kappa shape index (κ3) is 6.97. The van der Waals surface area contributed by atoms with E-state index < -0.39 is 11.0 Å². The Morgan fingerprint density at radius 1 is 1.16 bits per heavy atom. The molecule has 0 aliphatic carbocycles. The van der Waals surface area contributed by atoms with E-state index in [4.69, 9.17) is 38.4 Å². The lowest BCUT2D eigenvalue weighted by Gasteiger charge is -2.33. The van der Waals surface area contributed by atoms with Crippen LogP contribution >= 0.6 is 23.2 Å². The number of nitrogens with zero attached hydrogens (tertiary/aromatic N) is 1. The molecule has 2 aromatic carbocycles. The van der Waals surface area contributed by atoms with E-state index in [2.05, 4.69) is 22.7 Å². The Labute approximate surface area is 196 Å². The molecule has 170 valence electrons. The summed E-state index contributed by atoms with van der Waals surface area (Å²) in [5.41, 5.74) is 8.68. The van der Waals surface area contributed by atoms with Gasteiger partial charge in [0, 0.05) is 42.1 Å². The molecule has 0 radical (unpaired) electrons. The summed E-state index contributed by atoms with van der Waals surface area (Å²) in [6, 6.07) is 11.7. The average molecular weight is 486 g/mol. The predicted octanol–water partition coefficient (Wildman–Crippen LogP) is 3.17. The molecule has 1 heterocycles. The maximum atomic E-state index is 12.7. The van der Waals surface area contributed by atoms with Crippen molar-refractivity contribution in [3.05, 3.63) is 63.1 Å². The lowest BCUT2D eigenvalue weighted by Crippen LogP contribution is -2.31. The van der Waals surface area contributed by atoms with Gasteiger partial charge in [0.15, 0.2) is 0 Å². The molecule has 2 aromatic rings. The van der Waals surface area contributed by atoms with Gasteiger partial charge in [0.1, 0.15) is 11.0 Å². The molecular formula is C22H29Cl2N3O3S. The molecule has 2 atom stereocenters. The van der Waals surface area contributed by atoms with Gasteiger partial charge in [-0.2, -0.15) is 0 Å². The van der Waals surface area contributed by atoms with Gasteiger partial charge in [-0.25, -0.2) is 8.93 Å². The van der Waals surface area contributed by atoms with Gasteiger partial charge in [-0.1, -0.05) is 35.3 Å². The van der Waals surface area contributed by atoms with Crippen LogP contribution in [0.25, 0.3) is 0 Å². The Kier molecular flexibility index (Phi) is 9.74. The van der Waals surface area contributed by atoms with Gasteiger partial charge >= 0.3 is 0 Å². The van der Waals surface area contributed by atoms with Crippen LogP contribution in [-0.2, 0) is 27.0 Å². The number of halogens is 2. The van der Waals surface area contributed by atoms with Crippen LogP contribution in [0, 0.1) is 0 Å². The van der Waals surface area contributed by atoms with Crippen LogP contribution in [0.1, 0.15) is 22.6 Å². The van der Waals surface area contributed by atoms with Crippen molar-refractivity contribution < 1.29 is 13.7 Å². The van der Waals surface area contributed by atoms with E-state index in [1.54, 1.807) is 6.07 Å². The molecule has 0 spiro atoms. The molecule has 0 fully saturated rings. The van der Waals surface area contributed by atoms with Gasteiger partial charge < -0.3 is 20.1 Å². The number of likely N-dealkylation sites (N-methyl/N-ethyl adjacent to an activating group) is 1. The van der Waals surface area contributed by atoms with E-state index in [-0.39, 0.29) is 5.92 Å². The molecular weight excluding hydrogens is 457 g/mol. The molecule has 9 heteroatoms. The van der Waals surface area contributed by atoms with Crippen molar-refractivity contribution in [2.24, 2.45) is 5.73 Å². The second-order valence-corrected chi connectivity index (χ2v) is 9.59. The molecule has 0 bridgehead atoms. The first kappa shape index (κ1) is 24.6. The van der Waals surface area contributed by atoms with E-state index in [0.717, 1.165) is 34.7 Å². The lowest BCUT2D eigenvalue weighted by molar-refractivity contribution is 0.0531. The van der Waals surface area contributed by atoms with Crippen molar-refractivity contribution in [3.8, 4) is 0 Å². The zero-order chi connectivity index (χ0) is 22.2. The molecule has 1 aliphatic rings. The van der Waals surface area contributed by atoms with Gasteiger partial charge in [-0.15, -0.1) is 0 Å². The first-order chi connectivity index (χ1) is 15.0. The summed E-state index contributed by atoms with van der Waals surface area (Å²) in [6.07, 6.45) is 0. The minimum absolute atomic E-state index is 0.110. The van der Waals surface area contributed by atoms with Crippen molar-refractivity contribution >= 4 is 34.2 Å². The van der Waals surface area contributed by atoms with E-state index in [1.807, 2.05) is 24.3 Å². The normalized spacial score (nSPS) is 17.5. The zero-order valence-electron chi connectivity index (χ0n) is 17.6. The van der Waals surface area contributed by atoms with Crippen molar-refractivity contribution in [1.82, 2.24) is 9.62 Å². The second-order valence-electron chi connectivity index (χ2n) is 7.45. The Morgan fingerprint density at radius 2 is 1.94 bits per heavy atom. The third-order valence-corrected chi connectivity index (χ3v) is 6.78. The third-order valence-electron chi connectivity index (χ3n) is 5.08. The molecule has 31 heavy (non-hydrogen) atoms. The summed E-state index contributed by atoms with van der Waals surface area (Å²) in [4.78, 5) is 2.97. The van der Waals surface area contributed by atoms with Gasteiger partial charge in [0.05, 0.1) is 31.3 Å². The molecule has 1 aliphatic heterocycles. The second kappa shape index (κ2) is 12.3. The topological polar surface area (TPSA) is 76.8 Å². The number of fused-ring (bicyclic) bond motifs is 1. The number of ether oxygens (including phenoxy) is 2. The van der Waals surface area contributed by atoms with Gasteiger partial charge in [-0.05, 0) is 48.0 Å². The Bertz CT molecular complexity index is 900. The highest BCUT2D eigenvalue weighted by Gasteiger charge is 2.27. The summed E-state index contributed by atoms with van der Waals surface area (Å²) in [7, 11) is 0.748. The highest BCUT2D eigenvalue weighted by Crippen LogP contribution is 2.38. The average Bonchev–Trinajstić information content (AvgIpc) is 2.75. The number of hydrogen-bond donors (Lipinski definition) is 2.